The first-order chi connectivity index (χ1) is 6.74. The maximum Gasteiger partial charge on any atom is 0.132 e. The lowest BCUT2D eigenvalue weighted by Gasteiger charge is -2.15. The van der Waals surface area contributed by atoms with Crippen LogP contribution >= 0.6 is 0 Å². The van der Waals surface area contributed by atoms with E-state index in [2.05, 4.69) is 0 Å². The summed E-state index contributed by atoms with van der Waals surface area (Å²) in [6, 6.07) is 9.86. The van der Waals surface area contributed by atoms with Gasteiger partial charge in [0.2, 0.25) is 0 Å². The largest absolute Gasteiger partial charge is 0.373 e. The van der Waals surface area contributed by atoms with Crippen molar-refractivity contribution in [2.24, 2.45) is 0 Å². The summed E-state index contributed by atoms with van der Waals surface area (Å²) in [4.78, 5) is 11.0. The van der Waals surface area contributed by atoms with Gasteiger partial charge in [0.15, 0.2) is 0 Å². The summed E-state index contributed by atoms with van der Waals surface area (Å²) in [5.41, 5.74) is 1.07. The number of ether oxygens (including phenoxy) is 1. The van der Waals surface area contributed by atoms with Crippen molar-refractivity contribution in [3.8, 4) is 0 Å². The molecule has 0 saturated heterocycles. The van der Waals surface area contributed by atoms with Gasteiger partial charge in [-0.1, -0.05) is 30.3 Å². The number of rotatable bonds is 5. The van der Waals surface area contributed by atoms with Gasteiger partial charge >= 0.3 is 0 Å². The lowest BCUT2D eigenvalue weighted by Crippen LogP contribution is -2.08. The fourth-order valence-electron chi connectivity index (χ4n) is 1.40. The van der Waals surface area contributed by atoms with E-state index >= 15 is 0 Å². The van der Waals surface area contributed by atoms with Crippen LogP contribution in [0.1, 0.15) is 31.9 Å². The molecule has 0 aliphatic rings. The molecule has 0 saturated carbocycles. The molecule has 0 N–H and O–H groups in total. The van der Waals surface area contributed by atoms with E-state index in [0.29, 0.717) is 13.0 Å². The molecule has 0 heterocycles. The van der Waals surface area contributed by atoms with Crippen LogP contribution in [0, 0.1) is 0 Å². The minimum absolute atomic E-state index is 0.0845. The zero-order valence-corrected chi connectivity index (χ0v) is 8.69. The van der Waals surface area contributed by atoms with E-state index in [1.54, 1.807) is 6.92 Å². The summed E-state index contributed by atoms with van der Waals surface area (Å²) < 4.78 is 5.52. The summed E-state index contributed by atoms with van der Waals surface area (Å²) in [6.45, 7) is 4.16. The minimum Gasteiger partial charge on any atom is -0.373 e. The van der Waals surface area contributed by atoms with Gasteiger partial charge in [0.25, 0.3) is 0 Å². The standard InChI is InChI=1S/C12H16O2/c1-3-14-12(9-10(2)13)11-7-5-4-6-8-11/h4-8,12H,3,9H2,1-2H3. The quantitative estimate of drug-likeness (QED) is 0.717. The predicted octanol–water partition coefficient (Wildman–Crippen LogP) is 2.74. The summed E-state index contributed by atoms with van der Waals surface area (Å²) in [7, 11) is 0. The van der Waals surface area contributed by atoms with Crippen LogP contribution in [0.15, 0.2) is 30.3 Å². The number of Topliss-reactive ketones (excluding diaryl/α,β-unsaturated/α-hetero) is 1. The van der Waals surface area contributed by atoms with Crippen molar-refractivity contribution >= 4 is 5.78 Å². The Morgan fingerprint density at radius 3 is 2.50 bits per heavy atom. The van der Waals surface area contributed by atoms with Gasteiger partial charge in [-0.3, -0.25) is 4.79 Å². The van der Waals surface area contributed by atoms with Gasteiger partial charge < -0.3 is 4.74 Å². The Bertz CT molecular complexity index is 280. The Kier molecular flexibility index (Phi) is 4.33. The van der Waals surface area contributed by atoms with Gasteiger partial charge in [-0.2, -0.15) is 0 Å². The fraction of sp³-hybridized carbons (Fsp3) is 0.417. The SMILES string of the molecule is CCOC(CC(C)=O)c1ccccc1. The molecule has 1 unspecified atom stereocenters. The number of hydrogen-bond donors (Lipinski definition) is 0. The number of carbonyl (C=O) groups is 1. The highest BCUT2D eigenvalue weighted by Gasteiger charge is 2.12. The lowest BCUT2D eigenvalue weighted by atomic mass is 10.0. The van der Waals surface area contributed by atoms with E-state index in [4.69, 9.17) is 4.74 Å². The smallest absolute Gasteiger partial charge is 0.132 e. The molecule has 14 heavy (non-hydrogen) atoms. The van der Waals surface area contributed by atoms with Gasteiger partial charge in [0.1, 0.15) is 5.78 Å². The minimum atomic E-state index is -0.0845. The number of ketones is 1. The van der Waals surface area contributed by atoms with Crippen LogP contribution in [0.4, 0.5) is 0 Å². The van der Waals surface area contributed by atoms with Crippen molar-refractivity contribution in [2.45, 2.75) is 26.4 Å². The molecule has 1 rings (SSSR count). The number of carbonyl (C=O) groups excluding carboxylic acids is 1. The van der Waals surface area contributed by atoms with E-state index < -0.39 is 0 Å². The molecule has 0 aliphatic heterocycles. The molecule has 0 spiro atoms. The molecule has 0 aliphatic carbocycles. The Balaban J connectivity index is 2.72. The Hall–Kier alpha value is -1.15. The number of hydrogen-bond acceptors (Lipinski definition) is 2. The first-order valence-corrected chi connectivity index (χ1v) is 4.90. The van der Waals surface area contributed by atoms with Crippen molar-refractivity contribution in [3.63, 3.8) is 0 Å². The molecule has 0 bridgehead atoms. The topological polar surface area (TPSA) is 26.3 Å². The van der Waals surface area contributed by atoms with Crippen molar-refractivity contribution < 1.29 is 9.53 Å². The zero-order chi connectivity index (χ0) is 10.4. The summed E-state index contributed by atoms with van der Waals surface area (Å²) in [5.74, 6) is 0.160. The molecule has 2 nitrogen and oxygen atoms in total. The molecular weight excluding hydrogens is 176 g/mol. The van der Waals surface area contributed by atoms with E-state index in [1.165, 1.54) is 0 Å². The third kappa shape index (κ3) is 3.30. The molecule has 0 aromatic heterocycles. The third-order valence-corrected chi connectivity index (χ3v) is 2.01. The molecule has 0 fully saturated rings. The molecule has 2 heteroatoms. The highest BCUT2D eigenvalue weighted by Crippen LogP contribution is 2.20. The van der Waals surface area contributed by atoms with Crippen LogP contribution in [-0.2, 0) is 9.53 Å². The first-order valence-electron chi connectivity index (χ1n) is 4.90. The predicted molar refractivity (Wildman–Crippen MR) is 56.1 cm³/mol. The second kappa shape index (κ2) is 5.55. The van der Waals surface area contributed by atoms with Crippen LogP contribution in [0.5, 0.6) is 0 Å². The van der Waals surface area contributed by atoms with Crippen LogP contribution in [-0.4, -0.2) is 12.4 Å². The molecule has 0 radical (unpaired) electrons. The van der Waals surface area contributed by atoms with Crippen molar-refractivity contribution in [3.05, 3.63) is 35.9 Å². The van der Waals surface area contributed by atoms with E-state index in [1.807, 2.05) is 37.3 Å². The molecule has 1 atom stereocenters. The van der Waals surface area contributed by atoms with Crippen molar-refractivity contribution in [1.82, 2.24) is 0 Å². The lowest BCUT2D eigenvalue weighted by molar-refractivity contribution is -0.119. The molecule has 1 aromatic rings. The van der Waals surface area contributed by atoms with E-state index in [9.17, 15) is 4.79 Å². The second-order valence-corrected chi connectivity index (χ2v) is 3.26. The summed E-state index contributed by atoms with van der Waals surface area (Å²) >= 11 is 0. The maximum atomic E-state index is 11.0. The maximum absolute atomic E-state index is 11.0. The normalized spacial score (nSPS) is 12.4. The van der Waals surface area contributed by atoms with Gasteiger partial charge in [0, 0.05) is 13.0 Å². The molecule has 76 valence electrons. The monoisotopic (exact) mass is 192 g/mol. The van der Waals surface area contributed by atoms with Crippen LogP contribution < -0.4 is 0 Å². The summed E-state index contributed by atoms with van der Waals surface area (Å²) in [6.07, 6.45) is 0.372. The second-order valence-electron chi connectivity index (χ2n) is 3.26. The number of benzene rings is 1. The third-order valence-electron chi connectivity index (χ3n) is 2.01. The summed E-state index contributed by atoms with van der Waals surface area (Å²) in [5, 5.41) is 0. The van der Waals surface area contributed by atoms with Gasteiger partial charge in [-0.15, -0.1) is 0 Å². The van der Waals surface area contributed by atoms with Gasteiger partial charge in [-0.25, -0.2) is 0 Å². The fourth-order valence-corrected chi connectivity index (χ4v) is 1.40. The zero-order valence-electron chi connectivity index (χ0n) is 8.69. The van der Waals surface area contributed by atoms with Crippen LogP contribution in [0.25, 0.3) is 0 Å². The van der Waals surface area contributed by atoms with E-state index in [-0.39, 0.29) is 11.9 Å². The average Bonchev–Trinajstić information content (AvgIpc) is 2.18. The van der Waals surface area contributed by atoms with Crippen LogP contribution in [0.2, 0.25) is 0 Å². The van der Waals surface area contributed by atoms with Crippen molar-refractivity contribution in [1.29, 1.82) is 0 Å². The van der Waals surface area contributed by atoms with E-state index in [0.717, 1.165) is 5.56 Å². The van der Waals surface area contributed by atoms with Gasteiger partial charge in [-0.05, 0) is 19.4 Å². The Morgan fingerprint density at radius 2 is 2.00 bits per heavy atom. The van der Waals surface area contributed by atoms with Gasteiger partial charge in [0.05, 0.1) is 6.10 Å². The highest BCUT2D eigenvalue weighted by atomic mass is 16.5. The molecular formula is C12H16O2. The first kappa shape index (κ1) is 10.9. The molecule has 0 amide bonds. The molecule has 1 aromatic carbocycles. The van der Waals surface area contributed by atoms with Crippen molar-refractivity contribution in [2.75, 3.05) is 6.61 Å². The average molecular weight is 192 g/mol. The Labute approximate surface area is 84.9 Å². The Morgan fingerprint density at radius 1 is 1.36 bits per heavy atom. The van der Waals surface area contributed by atoms with Crippen LogP contribution in [0.3, 0.4) is 0 Å². The highest BCUT2D eigenvalue weighted by molar-refractivity contribution is 5.76.